The van der Waals surface area contributed by atoms with E-state index in [4.69, 9.17) is 17.7 Å². The summed E-state index contributed by atoms with van der Waals surface area (Å²) >= 11 is 0. The average molecular weight is 648 g/mol. The van der Waals surface area contributed by atoms with Crippen molar-refractivity contribution in [1.29, 1.82) is 0 Å². The van der Waals surface area contributed by atoms with Gasteiger partial charge in [0, 0.05) is 0 Å². The first kappa shape index (κ1) is 31.8. The molecule has 0 heterocycles. The van der Waals surface area contributed by atoms with Gasteiger partial charge in [-0.25, -0.2) is 0 Å². The summed E-state index contributed by atoms with van der Waals surface area (Å²) in [5.41, 5.74) is -4.53. The van der Waals surface area contributed by atoms with Gasteiger partial charge in [0.2, 0.25) is 0 Å². The highest BCUT2D eigenvalue weighted by molar-refractivity contribution is 7.97. The first-order valence-electron chi connectivity index (χ1n) is 13.6. The number of rotatable bonds is 6. The fraction of sp³-hybridized carbons (Fsp3) is 0.0571. The molecule has 0 radical (unpaired) electrons. The van der Waals surface area contributed by atoms with E-state index in [9.17, 15) is 18.0 Å². The summed E-state index contributed by atoms with van der Waals surface area (Å²) in [6, 6.07) is 47.6. The van der Waals surface area contributed by atoms with E-state index >= 15 is 0 Å². The van der Waals surface area contributed by atoms with Crippen molar-refractivity contribution >= 4 is 48.5 Å². The largest absolute Gasteiger partial charge is 0.522 e. The molecule has 6 rings (SSSR count). The quantitative estimate of drug-likeness (QED) is 0.0489. The smallest absolute Gasteiger partial charge is 0.426 e. The van der Waals surface area contributed by atoms with Crippen LogP contribution < -0.4 is 4.74 Å². The van der Waals surface area contributed by atoms with E-state index in [1.54, 1.807) is 0 Å². The fourth-order valence-electron chi connectivity index (χ4n) is 4.78. The zero-order valence-electron chi connectivity index (χ0n) is 23.5. The number of carbonyl (C=O) groups excluding carboxylic acids is 1. The zero-order valence-corrected chi connectivity index (χ0v) is 25.1. The number of alkyl halides is 3. The molecule has 0 unspecified atom stereocenters. The second-order valence-corrected chi connectivity index (χ2v) is 13.2. The molecule has 0 atom stereocenters. The van der Waals surface area contributed by atoms with Gasteiger partial charge in [-0.15, -0.1) is 0 Å². The Balaban J connectivity index is 0.000000444. The molecule has 0 spiro atoms. The van der Waals surface area contributed by atoms with E-state index in [1.165, 1.54) is 14.7 Å². The van der Waals surface area contributed by atoms with Gasteiger partial charge in [0.15, 0.2) is 14.7 Å². The molecule has 0 fully saturated rings. The van der Waals surface area contributed by atoms with E-state index in [0.29, 0.717) is 5.75 Å². The SMILES string of the molecule is O=C(Cc1c2ccccc2cc2ccccc12)Oc1ccc([S+](c2ccccc2)c2ccccc2)cc1.O=S(=O)(O)C(F)(F)F. The Hall–Kier alpha value is -4.64. The number of ether oxygens (including phenoxy) is 1. The lowest BCUT2D eigenvalue weighted by atomic mass is 9.95. The van der Waals surface area contributed by atoms with Crippen molar-refractivity contribution in [2.24, 2.45) is 0 Å². The van der Waals surface area contributed by atoms with Crippen LogP contribution >= 0.6 is 0 Å². The molecule has 10 heteroatoms. The van der Waals surface area contributed by atoms with Gasteiger partial charge in [-0.3, -0.25) is 9.35 Å². The number of hydrogen-bond acceptors (Lipinski definition) is 4. The van der Waals surface area contributed by atoms with E-state index in [-0.39, 0.29) is 23.3 Å². The van der Waals surface area contributed by atoms with Crippen LogP contribution in [0.5, 0.6) is 5.75 Å². The van der Waals surface area contributed by atoms with Crippen LogP contribution in [0.4, 0.5) is 13.2 Å². The Bertz CT molecular complexity index is 1940. The lowest BCUT2D eigenvalue weighted by molar-refractivity contribution is -0.133. The fourth-order valence-corrected chi connectivity index (χ4v) is 6.86. The van der Waals surface area contributed by atoms with Crippen LogP contribution in [0.2, 0.25) is 0 Å². The van der Waals surface area contributed by atoms with Gasteiger partial charge in [0.05, 0.1) is 17.3 Å². The summed E-state index contributed by atoms with van der Waals surface area (Å²) in [6.45, 7) is 0. The molecule has 0 saturated heterocycles. The maximum Gasteiger partial charge on any atom is 0.522 e. The molecule has 0 aromatic heterocycles. The van der Waals surface area contributed by atoms with Crippen LogP contribution in [0.15, 0.2) is 154 Å². The van der Waals surface area contributed by atoms with Crippen LogP contribution in [0.25, 0.3) is 21.5 Å². The molecule has 1 N–H and O–H groups in total. The second kappa shape index (κ2) is 13.6. The molecule has 6 aromatic rings. The maximum atomic E-state index is 13.1. The minimum atomic E-state index is -5.84. The van der Waals surface area contributed by atoms with E-state index < -0.39 is 15.6 Å². The van der Waals surface area contributed by atoms with E-state index in [2.05, 4.69) is 91.0 Å². The minimum Gasteiger partial charge on any atom is -0.426 e. The molecule has 0 aliphatic carbocycles. The lowest BCUT2D eigenvalue weighted by Gasteiger charge is -2.12. The van der Waals surface area contributed by atoms with Gasteiger partial charge in [-0.2, -0.15) is 21.6 Å². The zero-order chi connectivity index (χ0) is 32.0. The number of hydrogen-bond donors (Lipinski definition) is 1. The third-order valence-corrected chi connectivity index (χ3v) is 9.56. The summed E-state index contributed by atoms with van der Waals surface area (Å²) in [5.74, 6) is 0.294. The van der Waals surface area contributed by atoms with Crippen molar-refractivity contribution in [2.45, 2.75) is 26.6 Å². The van der Waals surface area contributed by atoms with Crippen molar-refractivity contribution in [3.8, 4) is 5.75 Å². The number of fused-ring (bicyclic) bond motifs is 2. The predicted molar refractivity (Wildman–Crippen MR) is 170 cm³/mol. The van der Waals surface area contributed by atoms with Crippen LogP contribution in [0, 0.1) is 0 Å². The molecule has 5 nitrogen and oxygen atoms in total. The predicted octanol–water partition coefficient (Wildman–Crippen LogP) is 8.63. The Labute approximate surface area is 261 Å². The van der Waals surface area contributed by atoms with Crippen molar-refractivity contribution in [3.05, 3.63) is 145 Å². The standard InChI is InChI=1S/C34H25O2S.CHF3O3S/c35-34(24-33-31-17-9-7-11-25(31)23-26-12-8-10-18-32(26)33)36-27-19-21-30(22-20-27)37(28-13-3-1-4-14-28)29-15-5-2-6-16-29;2-1(3,4)8(5,6)7/h1-23H,24H2;(H,5,6,7)/q+1;. The first-order valence-corrected chi connectivity index (χ1v) is 16.3. The highest BCUT2D eigenvalue weighted by Crippen LogP contribution is 2.33. The monoisotopic (exact) mass is 647 g/mol. The number of halogens is 3. The highest BCUT2D eigenvalue weighted by Gasteiger charge is 2.44. The molecule has 0 amide bonds. The molecule has 0 saturated carbocycles. The summed E-state index contributed by atoms with van der Waals surface area (Å²) < 4.78 is 63.4. The van der Waals surface area contributed by atoms with E-state index in [1.807, 2.05) is 48.5 Å². The Morgan fingerprint density at radius 1 is 0.644 bits per heavy atom. The van der Waals surface area contributed by atoms with Crippen LogP contribution in [0.3, 0.4) is 0 Å². The summed E-state index contributed by atoms with van der Waals surface area (Å²) in [6.07, 6.45) is 0.210. The van der Waals surface area contributed by atoms with Crippen LogP contribution in [-0.2, 0) is 32.2 Å². The van der Waals surface area contributed by atoms with Gasteiger partial charge in [0.25, 0.3) is 0 Å². The summed E-state index contributed by atoms with van der Waals surface area (Å²) in [5, 5.41) is 4.43. The average Bonchev–Trinajstić information content (AvgIpc) is 3.02. The first-order chi connectivity index (χ1) is 21.5. The van der Waals surface area contributed by atoms with Crippen molar-refractivity contribution in [2.75, 3.05) is 0 Å². The maximum absolute atomic E-state index is 13.1. The van der Waals surface area contributed by atoms with Gasteiger partial charge in [0.1, 0.15) is 5.75 Å². The summed E-state index contributed by atoms with van der Waals surface area (Å²) in [7, 11) is -6.08. The van der Waals surface area contributed by atoms with Gasteiger partial charge in [-0.1, -0.05) is 84.9 Å². The van der Waals surface area contributed by atoms with E-state index in [0.717, 1.165) is 27.1 Å². The number of esters is 1. The van der Waals surface area contributed by atoms with Gasteiger partial charge >= 0.3 is 21.6 Å². The molecule has 6 aromatic carbocycles. The third-order valence-electron chi connectivity index (χ3n) is 6.75. The topological polar surface area (TPSA) is 80.7 Å². The minimum absolute atomic E-state index is 0.210. The second-order valence-electron chi connectivity index (χ2n) is 9.77. The Kier molecular flexibility index (Phi) is 9.57. The Morgan fingerprint density at radius 2 is 1.04 bits per heavy atom. The molecule has 45 heavy (non-hydrogen) atoms. The molecule has 0 bridgehead atoms. The Morgan fingerprint density at radius 3 is 1.49 bits per heavy atom. The molecular formula is C35H26F3O5S2+. The summed E-state index contributed by atoms with van der Waals surface area (Å²) in [4.78, 5) is 16.8. The van der Waals surface area contributed by atoms with Crippen molar-refractivity contribution < 1.29 is 35.7 Å². The molecular weight excluding hydrogens is 622 g/mol. The number of benzene rings is 6. The van der Waals surface area contributed by atoms with Gasteiger partial charge < -0.3 is 4.74 Å². The van der Waals surface area contributed by atoms with Crippen molar-refractivity contribution in [3.63, 3.8) is 0 Å². The highest BCUT2D eigenvalue weighted by atomic mass is 32.2. The van der Waals surface area contributed by atoms with Crippen molar-refractivity contribution in [1.82, 2.24) is 0 Å². The van der Waals surface area contributed by atoms with Gasteiger partial charge in [-0.05, 0) is 81.7 Å². The third kappa shape index (κ3) is 7.72. The number of carbonyl (C=O) groups is 1. The van der Waals surface area contributed by atoms with Crippen LogP contribution in [-0.4, -0.2) is 24.4 Å². The molecule has 228 valence electrons. The normalized spacial score (nSPS) is 11.7. The molecule has 0 aliphatic rings. The van der Waals surface area contributed by atoms with Crippen LogP contribution in [0.1, 0.15) is 5.56 Å². The lowest BCUT2D eigenvalue weighted by Crippen LogP contribution is -2.21. The molecule has 0 aliphatic heterocycles.